The predicted octanol–water partition coefficient (Wildman–Crippen LogP) is -1.87. The molecule has 0 atom stereocenters. The first-order valence-corrected chi connectivity index (χ1v) is 5.84. The number of carboxylic acids is 4. The van der Waals surface area contributed by atoms with Crippen LogP contribution in [0.25, 0.3) is 0 Å². The molecular weight excluding hydrogens is 316 g/mol. The van der Waals surface area contributed by atoms with Crippen molar-refractivity contribution < 1.29 is 39.6 Å². The third-order valence-electron chi connectivity index (χ3n) is 0.167. The highest BCUT2D eigenvalue weighted by atomic mass is 16.4. The van der Waals surface area contributed by atoms with Gasteiger partial charge in [0.2, 0.25) is 0 Å². The van der Waals surface area contributed by atoms with E-state index in [0.717, 1.165) is 27.7 Å². The summed E-state index contributed by atoms with van der Waals surface area (Å²) in [6, 6.07) is 0. The zero-order valence-electron chi connectivity index (χ0n) is 13.9. The third kappa shape index (κ3) is 3780. The van der Waals surface area contributed by atoms with Gasteiger partial charge in [-0.15, -0.1) is 0 Å². The van der Waals surface area contributed by atoms with Crippen LogP contribution in [-0.4, -0.2) is 64.1 Å². The number of carbonyl (C=O) groups is 4. The van der Waals surface area contributed by atoms with Crippen molar-refractivity contribution >= 4 is 23.9 Å². The van der Waals surface area contributed by atoms with Gasteiger partial charge in [-0.25, -0.2) is 0 Å². The molecule has 23 heavy (non-hydrogen) atoms. The van der Waals surface area contributed by atoms with Crippen molar-refractivity contribution in [2.24, 2.45) is 22.9 Å². The molecule has 12 N–H and O–H groups in total. The molecule has 142 valence electrons. The lowest BCUT2D eigenvalue weighted by Gasteiger charge is -1.72. The summed E-state index contributed by atoms with van der Waals surface area (Å²) < 4.78 is 0. The summed E-state index contributed by atoms with van der Waals surface area (Å²) in [7, 11) is 0. The van der Waals surface area contributed by atoms with Crippen molar-refractivity contribution in [3.8, 4) is 0 Å². The Kier molecular flexibility index (Phi) is 69.1. The van der Waals surface area contributed by atoms with Crippen LogP contribution in [0.2, 0.25) is 0 Å². The fourth-order valence-electron chi connectivity index (χ4n) is 0. The Hall–Kier alpha value is -2.28. The van der Waals surface area contributed by atoms with E-state index in [9.17, 15) is 0 Å². The fraction of sp³-hybridized carbons (Fsp3) is 0.636. The van der Waals surface area contributed by atoms with Gasteiger partial charge in [-0.3, -0.25) is 19.2 Å². The highest BCUT2D eigenvalue weighted by Gasteiger charge is 1.66. The summed E-state index contributed by atoms with van der Waals surface area (Å²) in [5.74, 6) is -3.33. The molecule has 0 fully saturated rings. The highest BCUT2D eigenvalue weighted by Crippen LogP contribution is 1.43. The second-order valence-electron chi connectivity index (χ2n) is 2.89. The number of aliphatic carboxylic acids is 4. The van der Waals surface area contributed by atoms with Gasteiger partial charge in [-0.05, 0) is 0 Å². The molecule has 0 aliphatic heterocycles. The maximum Gasteiger partial charge on any atom is 0.300 e. The van der Waals surface area contributed by atoms with Crippen molar-refractivity contribution in [2.75, 3.05) is 19.8 Å². The van der Waals surface area contributed by atoms with Crippen molar-refractivity contribution in [1.29, 1.82) is 0 Å². The van der Waals surface area contributed by atoms with Crippen molar-refractivity contribution in [1.82, 2.24) is 0 Å². The maximum atomic E-state index is 9.00. The van der Waals surface area contributed by atoms with E-state index in [1.54, 1.807) is 0 Å². The first-order chi connectivity index (χ1) is 10.3. The summed E-state index contributed by atoms with van der Waals surface area (Å²) in [6.07, 6.45) is 0. The average Bonchev–Trinajstić information content (AvgIpc) is 2.26. The lowest BCUT2D eigenvalue weighted by molar-refractivity contribution is -0.135. The molecule has 0 aliphatic rings. The van der Waals surface area contributed by atoms with Crippen molar-refractivity contribution in [3.63, 3.8) is 0 Å². The molecule has 0 saturated carbocycles. The molecule has 0 unspecified atom stereocenters. The molecule has 0 heterocycles. The number of carboxylic acid groups (broad SMARTS) is 4. The normalized spacial score (nSPS) is 6.43. The molecule has 0 saturated heterocycles. The molecule has 0 radical (unpaired) electrons. The van der Waals surface area contributed by atoms with Gasteiger partial charge < -0.3 is 43.4 Å². The molecule has 0 aromatic carbocycles. The minimum absolute atomic E-state index is 0.250. The summed E-state index contributed by atoms with van der Waals surface area (Å²) in [4.78, 5) is 36.0. The standard InChI is InChI=1S/C2H8N2.4C2H4O2.CH6N2/c3-1-2-4;4*1-2(3)4;2-1-3/h1-4H2;4*1H3,(H,3,4);1-3H2. The Morgan fingerprint density at radius 3 is 0.609 bits per heavy atom. The van der Waals surface area contributed by atoms with E-state index < -0.39 is 23.9 Å². The van der Waals surface area contributed by atoms with Crippen molar-refractivity contribution in [2.45, 2.75) is 27.7 Å². The van der Waals surface area contributed by atoms with Crippen LogP contribution in [0.1, 0.15) is 27.7 Å². The van der Waals surface area contributed by atoms with Crippen LogP contribution >= 0.6 is 0 Å². The van der Waals surface area contributed by atoms with Gasteiger partial charge in [0.15, 0.2) is 0 Å². The molecule has 0 amide bonds. The van der Waals surface area contributed by atoms with Crippen LogP contribution < -0.4 is 22.9 Å². The summed E-state index contributed by atoms with van der Waals surface area (Å²) >= 11 is 0. The molecule has 0 bridgehead atoms. The van der Waals surface area contributed by atoms with Crippen LogP contribution in [-0.2, 0) is 19.2 Å². The molecule has 0 spiro atoms. The fourth-order valence-corrected chi connectivity index (χ4v) is 0. The monoisotopic (exact) mass is 346 g/mol. The zero-order chi connectivity index (χ0) is 20.4. The van der Waals surface area contributed by atoms with Crippen LogP contribution in [0.3, 0.4) is 0 Å². The molecule has 12 nitrogen and oxygen atoms in total. The Morgan fingerprint density at radius 1 is 0.565 bits per heavy atom. The Labute approximate surface area is 135 Å². The van der Waals surface area contributed by atoms with Gasteiger partial charge in [-0.1, -0.05) is 0 Å². The molecular formula is C11H30N4O8. The number of nitrogens with two attached hydrogens (primary N) is 4. The smallest absolute Gasteiger partial charge is 0.300 e. The van der Waals surface area contributed by atoms with Gasteiger partial charge >= 0.3 is 0 Å². The maximum absolute atomic E-state index is 9.00. The lowest BCUT2D eigenvalue weighted by Crippen LogP contribution is -2.11. The summed E-state index contributed by atoms with van der Waals surface area (Å²) in [5.41, 5.74) is 19.1. The van der Waals surface area contributed by atoms with E-state index >= 15 is 0 Å². The Morgan fingerprint density at radius 2 is 0.609 bits per heavy atom. The van der Waals surface area contributed by atoms with E-state index in [-0.39, 0.29) is 6.67 Å². The van der Waals surface area contributed by atoms with Crippen molar-refractivity contribution in [3.05, 3.63) is 0 Å². The minimum Gasteiger partial charge on any atom is -0.481 e. The second-order valence-corrected chi connectivity index (χ2v) is 2.89. The predicted molar refractivity (Wildman–Crippen MR) is 84.6 cm³/mol. The van der Waals surface area contributed by atoms with E-state index in [1.165, 1.54) is 0 Å². The van der Waals surface area contributed by atoms with Gasteiger partial charge in [0.25, 0.3) is 23.9 Å². The summed E-state index contributed by atoms with van der Waals surface area (Å²) in [6.45, 7) is 5.78. The van der Waals surface area contributed by atoms with Gasteiger partial charge in [0.05, 0.1) is 0 Å². The largest absolute Gasteiger partial charge is 0.481 e. The number of rotatable bonds is 1. The molecule has 0 aromatic heterocycles. The van der Waals surface area contributed by atoms with E-state index in [4.69, 9.17) is 51.1 Å². The average molecular weight is 346 g/mol. The molecule has 0 rings (SSSR count). The van der Waals surface area contributed by atoms with Gasteiger partial charge in [0, 0.05) is 47.5 Å². The van der Waals surface area contributed by atoms with E-state index in [0.29, 0.717) is 13.1 Å². The van der Waals surface area contributed by atoms with Crippen LogP contribution in [0.5, 0.6) is 0 Å². The Bertz CT molecular complexity index is 209. The van der Waals surface area contributed by atoms with E-state index in [1.807, 2.05) is 0 Å². The number of hydrogen-bond donors (Lipinski definition) is 8. The van der Waals surface area contributed by atoms with Crippen LogP contribution in [0.4, 0.5) is 0 Å². The SMILES string of the molecule is CC(=O)O.CC(=O)O.CC(=O)O.CC(=O)O.NCCN.NCN. The molecule has 12 heteroatoms. The van der Waals surface area contributed by atoms with E-state index in [2.05, 4.69) is 11.5 Å². The Balaban J connectivity index is -0.0000000378. The number of hydrogen-bond acceptors (Lipinski definition) is 8. The van der Waals surface area contributed by atoms with Gasteiger partial charge in [-0.2, -0.15) is 0 Å². The first kappa shape index (κ1) is 37.2. The highest BCUT2D eigenvalue weighted by molar-refractivity contribution is 5.63. The molecule has 0 aromatic rings. The molecule has 0 aliphatic carbocycles. The lowest BCUT2D eigenvalue weighted by atomic mass is 10.7. The van der Waals surface area contributed by atoms with Crippen LogP contribution in [0, 0.1) is 0 Å². The first-order valence-electron chi connectivity index (χ1n) is 5.84. The topological polar surface area (TPSA) is 253 Å². The quantitative estimate of drug-likeness (QED) is 0.243. The third-order valence-corrected chi connectivity index (χ3v) is 0.167. The second kappa shape index (κ2) is 42.7. The summed E-state index contributed by atoms with van der Waals surface area (Å²) in [5, 5.41) is 29.7. The zero-order valence-corrected chi connectivity index (χ0v) is 13.9. The van der Waals surface area contributed by atoms with Crippen LogP contribution in [0.15, 0.2) is 0 Å². The minimum atomic E-state index is -0.833. The van der Waals surface area contributed by atoms with Gasteiger partial charge in [0.1, 0.15) is 0 Å².